The SMILES string of the molecule is O=C(NCc1cccc2c1OC(F)(F)O2)Oc1ccc([N+](=O)[O-])cc1. The second kappa shape index (κ2) is 6.23. The maximum Gasteiger partial charge on any atom is 0.586 e. The smallest absolute Gasteiger partial charge is 0.410 e. The van der Waals surface area contributed by atoms with Crippen LogP contribution in [0.5, 0.6) is 17.2 Å². The van der Waals surface area contributed by atoms with Crippen molar-refractivity contribution in [1.82, 2.24) is 5.32 Å². The Hall–Kier alpha value is -3.43. The Morgan fingerprint density at radius 1 is 1.20 bits per heavy atom. The summed E-state index contributed by atoms with van der Waals surface area (Å²) in [6.45, 7) is -0.144. The number of alkyl halides is 2. The molecule has 0 spiro atoms. The van der Waals surface area contributed by atoms with Gasteiger partial charge in [0.25, 0.3) is 5.69 Å². The summed E-state index contributed by atoms with van der Waals surface area (Å²) >= 11 is 0. The van der Waals surface area contributed by atoms with Crippen LogP contribution in [0.3, 0.4) is 0 Å². The van der Waals surface area contributed by atoms with Crippen molar-refractivity contribution < 1.29 is 32.7 Å². The largest absolute Gasteiger partial charge is 0.586 e. The van der Waals surface area contributed by atoms with Crippen LogP contribution >= 0.6 is 0 Å². The molecule has 130 valence electrons. The van der Waals surface area contributed by atoms with E-state index in [0.29, 0.717) is 0 Å². The standard InChI is InChI=1S/C15H10F2N2O6/c16-15(17)24-12-3-1-2-9(13(12)25-15)8-18-14(20)23-11-6-4-10(5-7-11)19(21)22/h1-7H,8H2,(H,18,20). The normalized spacial score (nSPS) is 14.0. The van der Waals surface area contributed by atoms with E-state index in [9.17, 15) is 23.7 Å². The number of halogens is 2. The summed E-state index contributed by atoms with van der Waals surface area (Å²) in [4.78, 5) is 21.7. The van der Waals surface area contributed by atoms with Crippen LogP contribution in [-0.4, -0.2) is 17.3 Å². The second-order valence-corrected chi connectivity index (χ2v) is 4.91. The van der Waals surface area contributed by atoms with E-state index in [0.717, 1.165) is 0 Å². The van der Waals surface area contributed by atoms with E-state index in [4.69, 9.17) is 4.74 Å². The number of fused-ring (bicyclic) bond motifs is 1. The first-order valence-corrected chi connectivity index (χ1v) is 6.92. The van der Waals surface area contributed by atoms with Gasteiger partial charge in [-0.2, -0.15) is 0 Å². The maximum absolute atomic E-state index is 13.1. The van der Waals surface area contributed by atoms with Crippen molar-refractivity contribution in [2.45, 2.75) is 12.8 Å². The highest BCUT2D eigenvalue weighted by molar-refractivity contribution is 5.70. The van der Waals surface area contributed by atoms with Crippen molar-refractivity contribution in [1.29, 1.82) is 0 Å². The minimum absolute atomic E-state index is 0.0903. The van der Waals surface area contributed by atoms with E-state index < -0.39 is 17.3 Å². The molecule has 0 aliphatic carbocycles. The number of nitro groups is 1. The molecule has 2 aromatic rings. The fourth-order valence-electron chi connectivity index (χ4n) is 2.11. The quantitative estimate of drug-likeness (QED) is 0.670. The monoisotopic (exact) mass is 352 g/mol. The van der Waals surface area contributed by atoms with Crippen molar-refractivity contribution in [2.75, 3.05) is 0 Å². The molecule has 25 heavy (non-hydrogen) atoms. The zero-order valence-corrected chi connectivity index (χ0v) is 12.4. The van der Waals surface area contributed by atoms with Crippen LogP contribution in [0, 0.1) is 10.1 Å². The van der Waals surface area contributed by atoms with Crippen molar-refractivity contribution in [3.8, 4) is 17.2 Å². The minimum atomic E-state index is -3.75. The third kappa shape index (κ3) is 3.74. The van der Waals surface area contributed by atoms with Crippen molar-refractivity contribution in [3.05, 3.63) is 58.1 Å². The molecule has 1 aliphatic heterocycles. The average Bonchev–Trinajstić information content (AvgIpc) is 2.87. The number of hydrogen-bond donors (Lipinski definition) is 1. The summed E-state index contributed by atoms with van der Waals surface area (Å²) in [5, 5.41) is 12.9. The van der Waals surface area contributed by atoms with E-state index in [1.165, 1.54) is 42.5 Å². The first-order chi connectivity index (χ1) is 11.8. The summed E-state index contributed by atoms with van der Waals surface area (Å²) in [7, 11) is 0. The summed E-state index contributed by atoms with van der Waals surface area (Å²) in [5.74, 6) is -0.205. The Labute approximate surface area is 139 Å². The fourth-order valence-corrected chi connectivity index (χ4v) is 2.11. The van der Waals surface area contributed by atoms with Crippen LogP contribution in [0.1, 0.15) is 5.56 Å². The number of non-ortho nitro benzene ring substituents is 1. The maximum atomic E-state index is 13.1. The number of hydrogen-bond acceptors (Lipinski definition) is 6. The van der Waals surface area contributed by atoms with Gasteiger partial charge in [-0.25, -0.2) is 4.79 Å². The number of ether oxygens (including phenoxy) is 3. The predicted octanol–water partition coefficient (Wildman–Crippen LogP) is 3.20. The molecule has 2 aromatic carbocycles. The van der Waals surface area contributed by atoms with E-state index >= 15 is 0 Å². The highest BCUT2D eigenvalue weighted by Gasteiger charge is 2.44. The van der Waals surface area contributed by atoms with Gasteiger partial charge < -0.3 is 19.5 Å². The van der Waals surface area contributed by atoms with Gasteiger partial charge in [-0.05, 0) is 18.2 Å². The molecule has 0 saturated heterocycles. The Balaban J connectivity index is 1.60. The van der Waals surface area contributed by atoms with Gasteiger partial charge in [-0.3, -0.25) is 10.1 Å². The number of carbonyl (C=O) groups is 1. The summed E-state index contributed by atoms with van der Waals surface area (Å²) in [6.07, 6.45) is -4.62. The lowest BCUT2D eigenvalue weighted by Gasteiger charge is -2.09. The number of benzene rings is 2. The third-order valence-corrected chi connectivity index (χ3v) is 3.19. The molecular formula is C15H10F2N2O6. The molecule has 0 saturated carbocycles. The molecule has 0 bridgehead atoms. The second-order valence-electron chi connectivity index (χ2n) is 4.91. The first-order valence-electron chi connectivity index (χ1n) is 6.92. The molecule has 0 atom stereocenters. The summed E-state index contributed by atoms with van der Waals surface area (Å²) in [6, 6.07) is 9.15. The lowest BCUT2D eigenvalue weighted by molar-refractivity contribution is -0.384. The van der Waals surface area contributed by atoms with Crippen molar-refractivity contribution in [2.24, 2.45) is 0 Å². The van der Waals surface area contributed by atoms with Crippen LogP contribution in [0.2, 0.25) is 0 Å². The molecule has 1 aliphatic rings. The predicted molar refractivity (Wildman–Crippen MR) is 78.6 cm³/mol. The molecule has 3 rings (SSSR count). The van der Waals surface area contributed by atoms with Gasteiger partial charge in [0.15, 0.2) is 11.5 Å². The molecule has 0 radical (unpaired) electrons. The van der Waals surface area contributed by atoms with E-state index in [-0.39, 0.29) is 35.0 Å². The van der Waals surface area contributed by atoms with Crippen LogP contribution in [0.4, 0.5) is 19.3 Å². The molecule has 1 heterocycles. The van der Waals surface area contributed by atoms with Crippen LogP contribution < -0.4 is 19.5 Å². The van der Waals surface area contributed by atoms with Gasteiger partial charge in [0.05, 0.1) is 4.92 Å². The van der Waals surface area contributed by atoms with Crippen LogP contribution in [0.15, 0.2) is 42.5 Å². The Kier molecular flexibility index (Phi) is 4.09. The van der Waals surface area contributed by atoms with Gasteiger partial charge in [0.2, 0.25) is 0 Å². The first kappa shape index (κ1) is 16.4. The Bertz CT molecular complexity index is 825. The van der Waals surface area contributed by atoms with Crippen molar-refractivity contribution in [3.63, 3.8) is 0 Å². The minimum Gasteiger partial charge on any atom is -0.410 e. The highest BCUT2D eigenvalue weighted by Crippen LogP contribution is 2.43. The lowest BCUT2D eigenvalue weighted by Crippen LogP contribution is -2.27. The van der Waals surface area contributed by atoms with E-state index in [1.54, 1.807) is 0 Å². The van der Waals surface area contributed by atoms with Gasteiger partial charge in [-0.15, -0.1) is 8.78 Å². The summed E-state index contributed by atoms with van der Waals surface area (Å²) in [5.41, 5.74) is 0.126. The molecule has 10 heteroatoms. The molecule has 0 aromatic heterocycles. The topological polar surface area (TPSA) is 99.9 Å². The Morgan fingerprint density at radius 2 is 1.92 bits per heavy atom. The van der Waals surface area contributed by atoms with Gasteiger partial charge in [-0.1, -0.05) is 12.1 Å². The summed E-state index contributed by atoms with van der Waals surface area (Å²) < 4.78 is 39.8. The number of carbonyl (C=O) groups excluding carboxylic acids is 1. The third-order valence-electron chi connectivity index (χ3n) is 3.19. The number of nitro benzene ring substituents is 1. The number of nitrogens with one attached hydrogen (secondary N) is 1. The lowest BCUT2D eigenvalue weighted by atomic mass is 10.2. The number of amides is 1. The van der Waals surface area contributed by atoms with E-state index in [1.807, 2.05) is 0 Å². The molecular weight excluding hydrogens is 342 g/mol. The number of rotatable bonds is 4. The van der Waals surface area contributed by atoms with E-state index in [2.05, 4.69) is 14.8 Å². The van der Waals surface area contributed by atoms with Crippen molar-refractivity contribution >= 4 is 11.8 Å². The molecule has 1 N–H and O–H groups in total. The molecule has 1 amide bonds. The molecule has 0 fully saturated rings. The van der Waals surface area contributed by atoms with Crippen LogP contribution in [-0.2, 0) is 6.54 Å². The zero-order chi connectivity index (χ0) is 18.0. The average molecular weight is 352 g/mol. The zero-order valence-electron chi connectivity index (χ0n) is 12.4. The van der Waals surface area contributed by atoms with Gasteiger partial charge >= 0.3 is 12.4 Å². The van der Waals surface area contributed by atoms with Gasteiger partial charge in [0, 0.05) is 24.2 Å². The molecule has 8 nitrogen and oxygen atoms in total. The molecule has 0 unspecified atom stereocenters. The number of para-hydroxylation sites is 1. The van der Waals surface area contributed by atoms with Gasteiger partial charge in [0.1, 0.15) is 5.75 Å². The Morgan fingerprint density at radius 3 is 2.60 bits per heavy atom. The highest BCUT2D eigenvalue weighted by atomic mass is 19.3. The fraction of sp³-hybridized carbons (Fsp3) is 0.133. The number of nitrogens with zero attached hydrogens (tertiary/aromatic N) is 1. The van der Waals surface area contributed by atoms with Crippen LogP contribution in [0.25, 0.3) is 0 Å².